The molecule has 1 fully saturated rings. The molecular formula is C18H22Cl2N2O4S. The smallest absolute Gasteiger partial charge is 0.247 e. The van der Waals surface area contributed by atoms with Crippen molar-refractivity contribution in [3.05, 3.63) is 53.1 Å². The van der Waals surface area contributed by atoms with Crippen LogP contribution in [0.2, 0.25) is 5.02 Å². The summed E-state index contributed by atoms with van der Waals surface area (Å²) < 4.78 is 38.8. The van der Waals surface area contributed by atoms with E-state index in [0.717, 1.165) is 5.56 Å². The van der Waals surface area contributed by atoms with E-state index in [2.05, 4.69) is 5.32 Å². The monoisotopic (exact) mass is 432 g/mol. The highest BCUT2D eigenvalue weighted by Crippen LogP contribution is 2.35. The van der Waals surface area contributed by atoms with E-state index in [1.54, 1.807) is 24.3 Å². The molecule has 0 spiro atoms. The lowest BCUT2D eigenvalue weighted by molar-refractivity contribution is 0.270. The van der Waals surface area contributed by atoms with Crippen molar-refractivity contribution in [2.45, 2.75) is 10.9 Å². The third-order valence-corrected chi connectivity index (χ3v) is 6.55. The zero-order chi connectivity index (χ0) is 18.7. The predicted octanol–water partition coefficient (Wildman–Crippen LogP) is 3.11. The first-order valence-corrected chi connectivity index (χ1v) is 9.99. The first-order chi connectivity index (χ1) is 12.5. The van der Waals surface area contributed by atoms with Crippen LogP contribution in [0.15, 0.2) is 47.4 Å². The lowest BCUT2D eigenvalue weighted by Gasteiger charge is -2.35. The van der Waals surface area contributed by atoms with E-state index in [1.165, 1.54) is 24.6 Å². The van der Waals surface area contributed by atoms with E-state index < -0.39 is 10.0 Å². The SMILES string of the molecule is COc1ccc(OC)c(S(=O)(=O)N2CCNCC2c2cccc(Cl)c2)c1.Cl. The second-order valence-electron chi connectivity index (χ2n) is 5.91. The number of piperazine rings is 1. The van der Waals surface area contributed by atoms with Crippen LogP contribution in [0.25, 0.3) is 0 Å². The number of hydrogen-bond acceptors (Lipinski definition) is 5. The molecular weight excluding hydrogens is 411 g/mol. The maximum Gasteiger partial charge on any atom is 0.247 e. The Morgan fingerprint density at radius 1 is 1.15 bits per heavy atom. The van der Waals surface area contributed by atoms with Crippen molar-refractivity contribution >= 4 is 34.0 Å². The van der Waals surface area contributed by atoms with E-state index in [0.29, 0.717) is 30.4 Å². The molecule has 2 aromatic rings. The molecule has 0 saturated carbocycles. The summed E-state index contributed by atoms with van der Waals surface area (Å²) in [6.07, 6.45) is 0. The molecule has 1 heterocycles. The lowest BCUT2D eigenvalue weighted by atomic mass is 10.1. The van der Waals surface area contributed by atoms with Gasteiger partial charge in [0.1, 0.15) is 16.4 Å². The summed E-state index contributed by atoms with van der Waals surface area (Å²) in [5, 5.41) is 3.83. The van der Waals surface area contributed by atoms with Crippen LogP contribution >= 0.6 is 24.0 Å². The van der Waals surface area contributed by atoms with E-state index >= 15 is 0 Å². The summed E-state index contributed by atoms with van der Waals surface area (Å²) in [7, 11) is -0.853. The molecule has 1 atom stereocenters. The maximum atomic E-state index is 13.4. The summed E-state index contributed by atoms with van der Waals surface area (Å²) in [5.74, 6) is 0.744. The van der Waals surface area contributed by atoms with Gasteiger partial charge < -0.3 is 14.8 Å². The van der Waals surface area contributed by atoms with Gasteiger partial charge in [0.25, 0.3) is 0 Å². The van der Waals surface area contributed by atoms with Crippen molar-refractivity contribution in [1.82, 2.24) is 9.62 Å². The molecule has 2 aromatic carbocycles. The molecule has 1 aliphatic rings. The normalized spacial score (nSPS) is 17.8. The van der Waals surface area contributed by atoms with Gasteiger partial charge in [0, 0.05) is 30.7 Å². The molecule has 1 saturated heterocycles. The van der Waals surface area contributed by atoms with Crippen molar-refractivity contribution in [1.29, 1.82) is 0 Å². The van der Waals surface area contributed by atoms with Gasteiger partial charge in [-0.2, -0.15) is 4.31 Å². The van der Waals surface area contributed by atoms with Gasteiger partial charge in [0.05, 0.1) is 20.3 Å². The number of sulfonamides is 1. The molecule has 1 unspecified atom stereocenters. The molecule has 0 bridgehead atoms. The highest BCUT2D eigenvalue weighted by molar-refractivity contribution is 7.89. The fraction of sp³-hybridized carbons (Fsp3) is 0.333. The van der Waals surface area contributed by atoms with Gasteiger partial charge in [-0.15, -0.1) is 12.4 Å². The zero-order valence-electron chi connectivity index (χ0n) is 15.0. The standard InChI is InChI=1S/C18H21ClN2O4S.ClH/c1-24-15-6-7-17(25-2)18(11-15)26(22,23)21-9-8-20-12-16(21)13-4-3-5-14(19)10-13;/h3-7,10-11,16,20H,8-9,12H2,1-2H3;1H. The number of methoxy groups -OCH3 is 2. The Hall–Kier alpha value is -1.51. The van der Waals surface area contributed by atoms with Gasteiger partial charge in [0.15, 0.2) is 0 Å². The molecule has 3 rings (SSSR count). The number of nitrogens with one attached hydrogen (secondary N) is 1. The van der Waals surface area contributed by atoms with Gasteiger partial charge in [0.2, 0.25) is 10.0 Å². The zero-order valence-corrected chi connectivity index (χ0v) is 17.4. The Morgan fingerprint density at radius 2 is 1.93 bits per heavy atom. The molecule has 0 amide bonds. The number of halogens is 2. The molecule has 1 aliphatic heterocycles. The predicted molar refractivity (Wildman–Crippen MR) is 108 cm³/mol. The number of ether oxygens (including phenoxy) is 2. The third kappa shape index (κ3) is 4.50. The van der Waals surface area contributed by atoms with Crippen LogP contribution in [-0.4, -0.2) is 46.6 Å². The number of nitrogens with zero attached hydrogens (tertiary/aromatic N) is 1. The molecule has 0 aliphatic carbocycles. The molecule has 0 aromatic heterocycles. The largest absolute Gasteiger partial charge is 0.497 e. The van der Waals surface area contributed by atoms with Gasteiger partial charge in [-0.1, -0.05) is 23.7 Å². The summed E-state index contributed by atoms with van der Waals surface area (Å²) in [6.45, 7) is 1.42. The summed E-state index contributed by atoms with van der Waals surface area (Å²) in [6, 6.07) is 11.7. The quantitative estimate of drug-likeness (QED) is 0.785. The Kier molecular flexibility index (Phi) is 7.36. The van der Waals surface area contributed by atoms with Gasteiger partial charge >= 0.3 is 0 Å². The molecule has 27 heavy (non-hydrogen) atoms. The number of hydrogen-bond donors (Lipinski definition) is 1. The molecule has 9 heteroatoms. The average molecular weight is 433 g/mol. The highest BCUT2D eigenvalue weighted by Gasteiger charge is 2.36. The Morgan fingerprint density at radius 3 is 2.59 bits per heavy atom. The fourth-order valence-corrected chi connectivity index (χ4v) is 5.07. The van der Waals surface area contributed by atoms with E-state index in [4.69, 9.17) is 21.1 Å². The topological polar surface area (TPSA) is 67.9 Å². The fourth-order valence-electron chi connectivity index (χ4n) is 3.08. The van der Waals surface area contributed by atoms with Crippen LogP contribution in [0.4, 0.5) is 0 Å². The third-order valence-electron chi connectivity index (χ3n) is 4.39. The second kappa shape index (κ2) is 9.12. The van der Waals surface area contributed by atoms with Crippen molar-refractivity contribution in [3.63, 3.8) is 0 Å². The molecule has 148 valence electrons. The molecule has 0 radical (unpaired) electrons. The van der Waals surface area contributed by atoms with Crippen LogP contribution in [0.3, 0.4) is 0 Å². The van der Waals surface area contributed by atoms with Gasteiger partial charge in [-0.05, 0) is 29.8 Å². The van der Waals surface area contributed by atoms with Crippen molar-refractivity contribution in [3.8, 4) is 11.5 Å². The number of rotatable bonds is 5. The van der Waals surface area contributed by atoms with Crippen LogP contribution in [-0.2, 0) is 10.0 Å². The highest BCUT2D eigenvalue weighted by atomic mass is 35.5. The summed E-state index contributed by atoms with van der Waals surface area (Å²) >= 11 is 6.11. The average Bonchev–Trinajstić information content (AvgIpc) is 2.67. The van der Waals surface area contributed by atoms with Crippen LogP contribution in [0.5, 0.6) is 11.5 Å². The van der Waals surface area contributed by atoms with Gasteiger partial charge in [-0.25, -0.2) is 8.42 Å². The first-order valence-electron chi connectivity index (χ1n) is 8.17. The van der Waals surface area contributed by atoms with E-state index in [1.807, 2.05) is 12.1 Å². The maximum absolute atomic E-state index is 13.4. The van der Waals surface area contributed by atoms with Gasteiger partial charge in [-0.3, -0.25) is 0 Å². The lowest BCUT2D eigenvalue weighted by Crippen LogP contribution is -2.48. The Labute approximate surface area is 170 Å². The van der Waals surface area contributed by atoms with Crippen molar-refractivity contribution in [2.75, 3.05) is 33.9 Å². The minimum atomic E-state index is -3.80. The van der Waals surface area contributed by atoms with E-state index in [9.17, 15) is 8.42 Å². The summed E-state index contributed by atoms with van der Waals surface area (Å²) in [4.78, 5) is 0.0910. The Bertz CT molecular complexity index is 893. The summed E-state index contributed by atoms with van der Waals surface area (Å²) in [5.41, 5.74) is 0.843. The molecule has 6 nitrogen and oxygen atoms in total. The number of benzene rings is 2. The van der Waals surface area contributed by atoms with Crippen molar-refractivity contribution < 1.29 is 17.9 Å². The molecule has 1 N–H and O–H groups in total. The minimum absolute atomic E-state index is 0. The Balaban J connectivity index is 0.00000261. The second-order valence-corrected chi connectivity index (χ2v) is 8.20. The van der Waals surface area contributed by atoms with Crippen LogP contribution in [0, 0.1) is 0 Å². The minimum Gasteiger partial charge on any atom is -0.497 e. The van der Waals surface area contributed by atoms with Crippen LogP contribution < -0.4 is 14.8 Å². The van der Waals surface area contributed by atoms with E-state index in [-0.39, 0.29) is 29.1 Å². The van der Waals surface area contributed by atoms with Crippen LogP contribution in [0.1, 0.15) is 11.6 Å². The first kappa shape index (κ1) is 21.8. The van der Waals surface area contributed by atoms with Crippen molar-refractivity contribution in [2.24, 2.45) is 0 Å².